The van der Waals surface area contributed by atoms with E-state index in [-0.39, 0.29) is 17.3 Å². The van der Waals surface area contributed by atoms with Gasteiger partial charge in [-0.15, -0.1) is 0 Å². The first-order valence-electron chi connectivity index (χ1n) is 3.57. The van der Waals surface area contributed by atoms with E-state index >= 15 is 0 Å². The molecule has 0 fully saturated rings. The molecule has 0 aliphatic heterocycles. The number of aromatic carboxylic acids is 1. The number of benzene rings is 1. The van der Waals surface area contributed by atoms with Gasteiger partial charge in [0, 0.05) is 0 Å². The molecule has 14 heavy (non-hydrogen) atoms. The SMILES string of the molecule is COC(=O)c1ccccc1C(=O)O.[NH4+]. The Labute approximate surface area is 80.9 Å². The molecule has 1 rings (SSSR count). The molecule has 5 N–H and O–H groups in total. The third-order valence-corrected chi connectivity index (χ3v) is 1.56. The van der Waals surface area contributed by atoms with Crippen molar-refractivity contribution in [2.75, 3.05) is 7.11 Å². The van der Waals surface area contributed by atoms with Crippen LogP contribution in [0.25, 0.3) is 0 Å². The zero-order chi connectivity index (χ0) is 9.84. The van der Waals surface area contributed by atoms with Crippen molar-refractivity contribution in [3.63, 3.8) is 0 Å². The Morgan fingerprint density at radius 1 is 1.21 bits per heavy atom. The minimum absolute atomic E-state index is 0. The fraction of sp³-hybridized carbons (Fsp3) is 0.111. The first kappa shape index (κ1) is 12.1. The standard InChI is InChI=1S/C9H8O4.H3N/c1-13-9(12)7-5-3-2-4-6(7)8(10)11;/h2-5H,1H3,(H,10,11);1H3/p+1. The highest BCUT2D eigenvalue weighted by molar-refractivity contribution is 6.02. The Morgan fingerprint density at radius 2 is 1.71 bits per heavy atom. The van der Waals surface area contributed by atoms with Crippen LogP contribution in [0.2, 0.25) is 0 Å². The number of ether oxygens (including phenoxy) is 1. The first-order valence-corrected chi connectivity index (χ1v) is 3.57. The molecule has 0 spiro atoms. The maximum atomic E-state index is 11.1. The van der Waals surface area contributed by atoms with Crippen LogP contribution in [0.5, 0.6) is 0 Å². The van der Waals surface area contributed by atoms with Gasteiger partial charge in [-0.1, -0.05) is 12.1 Å². The maximum Gasteiger partial charge on any atom is 0.338 e. The quantitative estimate of drug-likeness (QED) is 0.704. The summed E-state index contributed by atoms with van der Waals surface area (Å²) in [4.78, 5) is 21.7. The molecule has 0 aliphatic carbocycles. The lowest BCUT2D eigenvalue weighted by molar-refractivity contribution is 0.0582. The molecule has 0 unspecified atom stereocenters. The van der Waals surface area contributed by atoms with Crippen LogP contribution in [0.15, 0.2) is 24.3 Å². The lowest BCUT2D eigenvalue weighted by Crippen LogP contribution is -2.09. The first-order chi connectivity index (χ1) is 6.16. The van der Waals surface area contributed by atoms with Crippen molar-refractivity contribution in [2.24, 2.45) is 0 Å². The Kier molecular flexibility index (Phi) is 4.31. The molecule has 0 heterocycles. The molecule has 1 aromatic carbocycles. The van der Waals surface area contributed by atoms with Crippen LogP contribution in [-0.2, 0) is 4.74 Å². The van der Waals surface area contributed by atoms with Gasteiger partial charge in [0.1, 0.15) is 0 Å². The summed E-state index contributed by atoms with van der Waals surface area (Å²) in [5, 5.41) is 8.70. The lowest BCUT2D eigenvalue weighted by atomic mass is 10.1. The van der Waals surface area contributed by atoms with E-state index in [1.54, 1.807) is 12.1 Å². The number of hydrogen-bond donors (Lipinski definition) is 2. The van der Waals surface area contributed by atoms with E-state index in [1.807, 2.05) is 0 Å². The van der Waals surface area contributed by atoms with E-state index in [4.69, 9.17) is 5.11 Å². The van der Waals surface area contributed by atoms with Gasteiger partial charge in [0.15, 0.2) is 0 Å². The van der Waals surface area contributed by atoms with E-state index in [0.29, 0.717) is 0 Å². The molecule has 5 heteroatoms. The molecular weight excluding hydrogens is 186 g/mol. The molecule has 0 bridgehead atoms. The highest BCUT2D eigenvalue weighted by Gasteiger charge is 2.15. The van der Waals surface area contributed by atoms with Gasteiger partial charge in [-0.3, -0.25) is 0 Å². The van der Waals surface area contributed by atoms with Gasteiger partial charge in [0.05, 0.1) is 18.2 Å². The number of rotatable bonds is 2. The Morgan fingerprint density at radius 3 is 2.14 bits per heavy atom. The Hall–Kier alpha value is -1.88. The van der Waals surface area contributed by atoms with Crippen LogP contribution in [0, 0.1) is 0 Å². The Balaban J connectivity index is 0.00000169. The van der Waals surface area contributed by atoms with E-state index in [9.17, 15) is 9.59 Å². The van der Waals surface area contributed by atoms with E-state index in [2.05, 4.69) is 4.74 Å². The Bertz CT molecular complexity index is 348. The third-order valence-electron chi connectivity index (χ3n) is 1.56. The molecule has 0 amide bonds. The molecule has 1 aromatic rings. The molecular formula is C9H12NO4+. The number of esters is 1. The zero-order valence-electron chi connectivity index (χ0n) is 7.98. The summed E-state index contributed by atoms with van der Waals surface area (Å²) in [6, 6.07) is 5.90. The van der Waals surface area contributed by atoms with Crippen molar-refractivity contribution >= 4 is 11.9 Å². The van der Waals surface area contributed by atoms with Gasteiger partial charge in [-0.05, 0) is 12.1 Å². The number of carbonyl (C=O) groups excluding carboxylic acids is 1. The van der Waals surface area contributed by atoms with Crippen molar-refractivity contribution < 1.29 is 19.4 Å². The average molecular weight is 198 g/mol. The van der Waals surface area contributed by atoms with Gasteiger partial charge in [0.2, 0.25) is 0 Å². The highest BCUT2D eigenvalue weighted by atomic mass is 16.5. The highest BCUT2D eigenvalue weighted by Crippen LogP contribution is 2.09. The molecule has 0 atom stereocenters. The minimum Gasteiger partial charge on any atom is -0.478 e. The number of quaternary nitrogens is 1. The normalized spacial score (nSPS) is 8.64. The molecule has 0 aliphatic rings. The summed E-state index contributed by atoms with van der Waals surface area (Å²) < 4.78 is 4.42. The average Bonchev–Trinajstić information content (AvgIpc) is 2.16. The van der Waals surface area contributed by atoms with E-state index in [0.717, 1.165) is 0 Å². The van der Waals surface area contributed by atoms with Crippen LogP contribution < -0.4 is 6.15 Å². The predicted molar refractivity (Wildman–Crippen MR) is 50.7 cm³/mol. The number of carbonyl (C=O) groups is 2. The van der Waals surface area contributed by atoms with Gasteiger partial charge >= 0.3 is 11.9 Å². The molecule has 76 valence electrons. The minimum atomic E-state index is -1.14. The van der Waals surface area contributed by atoms with Crippen LogP contribution in [0.3, 0.4) is 0 Å². The van der Waals surface area contributed by atoms with Crippen LogP contribution in [0.4, 0.5) is 0 Å². The summed E-state index contributed by atoms with van der Waals surface area (Å²) in [6.45, 7) is 0. The fourth-order valence-corrected chi connectivity index (χ4v) is 0.958. The number of carboxylic acids is 1. The number of hydrogen-bond acceptors (Lipinski definition) is 3. The maximum absolute atomic E-state index is 11.1. The number of methoxy groups -OCH3 is 1. The van der Waals surface area contributed by atoms with Crippen molar-refractivity contribution in [2.45, 2.75) is 0 Å². The molecule has 0 aromatic heterocycles. The van der Waals surface area contributed by atoms with Crippen LogP contribution in [-0.4, -0.2) is 24.2 Å². The van der Waals surface area contributed by atoms with Crippen molar-refractivity contribution in [1.29, 1.82) is 0 Å². The van der Waals surface area contributed by atoms with Gasteiger partial charge < -0.3 is 16.0 Å². The number of carboxylic acid groups (broad SMARTS) is 1. The van der Waals surface area contributed by atoms with Gasteiger partial charge in [-0.25, -0.2) is 9.59 Å². The van der Waals surface area contributed by atoms with Gasteiger partial charge in [0.25, 0.3) is 0 Å². The van der Waals surface area contributed by atoms with Crippen molar-refractivity contribution in [3.05, 3.63) is 35.4 Å². The topological polar surface area (TPSA) is 100 Å². The predicted octanol–water partition coefficient (Wildman–Crippen LogP) is 1.55. The third kappa shape index (κ3) is 2.30. The second-order valence-corrected chi connectivity index (χ2v) is 2.34. The fourth-order valence-electron chi connectivity index (χ4n) is 0.958. The molecule has 5 nitrogen and oxygen atoms in total. The van der Waals surface area contributed by atoms with E-state index in [1.165, 1.54) is 19.2 Å². The monoisotopic (exact) mass is 198 g/mol. The summed E-state index contributed by atoms with van der Waals surface area (Å²) in [5.74, 6) is -1.78. The smallest absolute Gasteiger partial charge is 0.338 e. The van der Waals surface area contributed by atoms with Crippen LogP contribution in [0.1, 0.15) is 20.7 Å². The van der Waals surface area contributed by atoms with Crippen molar-refractivity contribution in [3.8, 4) is 0 Å². The molecule has 0 saturated carbocycles. The second kappa shape index (κ2) is 4.98. The summed E-state index contributed by atoms with van der Waals surface area (Å²) in [5.41, 5.74) is 0.0202. The van der Waals surface area contributed by atoms with Crippen molar-refractivity contribution in [1.82, 2.24) is 6.15 Å². The molecule has 0 radical (unpaired) electrons. The summed E-state index contributed by atoms with van der Waals surface area (Å²) in [6.07, 6.45) is 0. The zero-order valence-corrected chi connectivity index (χ0v) is 7.98. The molecule has 0 saturated heterocycles. The van der Waals surface area contributed by atoms with Gasteiger partial charge in [-0.2, -0.15) is 0 Å². The lowest BCUT2D eigenvalue weighted by Gasteiger charge is -2.02. The summed E-state index contributed by atoms with van der Waals surface area (Å²) >= 11 is 0. The summed E-state index contributed by atoms with van der Waals surface area (Å²) in [7, 11) is 1.21. The van der Waals surface area contributed by atoms with E-state index < -0.39 is 11.9 Å². The second-order valence-electron chi connectivity index (χ2n) is 2.34. The van der Waals surface area contributed by atoms with Crippen LogP contribution >= 0.6 is 0 Å². The largest absolute Gasteiger partial charge is 0.478 e.